The maximum absolute atomic E-state index is 12.3. The lowest BCUT2D eigenvalue weighted by molar-refractivity contribution is -0.115. The highest BCUT2D eigenvalue weighted by Crippen LogP contribution is 2.28. The molecule has 0 aliphatic rings. The van der Waals surface area contributed by atoms with Gasteiger partial charge in [-0.15, -0.1) is 10.2 Å². The zero-order chi connectivity index (χ0) is 17.0. The molecule has 0 unspecified atom stereocenters. The van der Waals surface area contributed by atoms with E-state index in [1.807, 2.05) is 20.8 Å². The summed E-state index contributed by atoms with van der Waals surface area (Å²) < 4.78 is 0. The minimum atomic E-state index is -0.283. The summed E-state index contributed by atoms with van der Waals surface area (Å²) in [6.45, 7) is 7.89. The van der Waals surface area contributed by atoms with Crippen molar-refractivity contribution >= 4 is 34.0 Å². The van der Waals surface area contributed by atoms with E-state index in [9.17, 15) is 9.59 Å². The van der Waals surface area contributed by atoms with Crippen molar-refractivity contribution < 1.29 is 9.59 Å². The molecular weight excluding hydrogens is 312 g/mol. The number of nitrogens with one attached hydrogen (secondary N) is 2. The van der Waals surface area contributed by atoms with E-state index in [1.165, 1.54) is 11.3 Å². The Labute approximate surface area is 139 Å². The maximum Gasteiger partial charge on any atom is 0.257 e. The fraction of sp³-hybridized carbons (Fsp3) is 0.375. The first kappa shape index (κ1) is 17.1. The molecule has 0 atom stereocenters. The Morgan fingerprint density at radius 3 is 2.52 bits per heavy atom. The molecule has 7 heteroatoms. The van der Waals surface area contributed by atoms with Crippen LogP contribution in [-0.2, 0) is 10.2 Å². The minimum absolute atomic E-state index is 0.0958. The van der Waals surface area contributed by atoms with Crippen molar-refractivity contribution in [2.45, 2.75) is 39.5 Å². The summed E-state index contributed by atoms with van der Waals surface area (Å²) in [4.78, 5) is 23.7. The number of nitrogens with zero attached hydrogens (tertiary/aromatic N) is 2. The average Bonchev–Trinajstić information content (AvgIpc) is 2.96. The third-order valence-corrected chi connectivity index (χ3v) is 4.28. The molecule has 0 saturated heterocycles. The van der Waals surface area contributed by atoms with Gasteiger partial charge >= 0.3 is 0 Å². The predicted octanol–water partition coefficient (Wildman–Crippen LogP) is 3.44. The molecule has 1 heterocycles. The largest absolute Gasteiger partial charge is 0.326 e. The van der Waals surface area contributed by atoms with Crippen LogP contribution < -0.4 is 10.6 Å². The van der Waals surface area contributed by atoms with Gasteiger partial charge in [-0.1, -0.05) is 45.1 Å². The molecule has 0 spiro atoms. The van der Waals surface area contributed by atoms with E-state index >= 15 is 0 Å². The van der Waals surface area contributed by atoms with Crippen LogP contribution in [0.1, 0.15) is 49.5 Å². The van der Waals surface area contributed by atoms with E-state index in [0.29, 0.717) is 22.8 Å². The fourth-order valence-corrected chi connectivity index (χ4v) is 2.53. The van der Waals surface area contributed by atoms with Crippen LogP contribution in [0.4, 0.5) is 10.8 Å². The molecule has 0 radical (unpaired) electrons. The second-order valence-corrected chi connectivity index (χ2v) is 7.08. The highest BCUT2D eigenvalue weighted by Gasteiger charge is 2.20. The van der Waals surface area contributed by atoms with E-state index in [0.717, 1.165) is 5.01 Å². The van der Waals surface area contributed by atoms with Gasteiger partial charge in [-0.2, -0.15) is 0 Å². The second kappa shape index (κ2) is 6.87. The highest BCUT2D eigenvalue weighted by molar-refractivity contribution is 7.15. The molecule has 2 rings (SSSR count). The van der Waals surface area contributed by atoms with E-state index in [-0.39, 0.29) is 17.2 Å². The van der Waals surface area contributed by atoms with Gasteiger partial charge in [-0.05, 0) is 18.2 Å². The first-order chi connectivity index (χ1) is 10.8. The maximum atomic E-state index is 12.3. The molecule has 2 amide bonds. The number of amides is 2. The summed E-state index contributed by atoms with van der Waals surface area (Å²) in [6.07, 6.45) is 0.386. The normalized spacial score (nSPS) is 11.1. The van der Waals surface area contributed by atoms with Gasteiger partial charge in [-0.3, -0.25) is 14.9 Å². The van der Waals surface area contributed by atoms with Crippen molar-refractivity contribution in [2.75, 3.05) is 10.6 Å². The van der Waals surface area contributed by atoms with Crippen LogP contribution >= 0.6 is 11.3 Å². The van der Waals surface area contributed by atoms with Crippen molar-refractivity contribution in [3.8, 4) is 0 Å². The molecule has 2 aromatic rings. The van der Waals surface area contributed by atoms with Gasteiger partial charge in [-0.25, -0.2) is 0 Å². The summed E-state index contributed by atoms with van der Waals surface area (Å²) in [5.41, 5.74) is 0.939. The van der Waals surface area contributed by atoms with Crippen LogP contribution in [0, 0.1) is 0 Å². The topological polar surface area (TPSA) is 84.0 Å². The van der Waals surface area contributed by atoms with E-state index in [2.05, 4.69) is 20.8 Å². The van der Waals surface area contributed by atoms with Crippen molar-refractivity contribution in [3.63, 3.8) is 0 Å². The van der Waals surface area contributed by atoms with E-state index in [1.54, 1.807) is 31.2 Å². The number of rotatable bonds is 4. The molecule has 1 aromatic heterocycles. The van der Waals surface area contributed by atoms with Crippen molar-refractivity contribution in [1.29, 1.82) is 0 Å². The first-order valence-corrected chi connectivity index (χ1v) is 8.16. The predicted molar refractivity (Wildman–Crippen MR) is 91.9 cm³/mol. The fourth-order valence-electron chi connectivity index (χ4n) is 1.73. The lowest BCUT2D eigenvalue weighted by Crippen LogP contribution is -2.13. The zero-order valence-corrected chi connectivity index (χ0v) is 14.5. The van der Waals surface area contributed by atoms with Crippen molar-refractivity contribution in [2.24, 2.45) is 0 Å². The zero-order valence-electron chi connectivity index (χ0n) is 13.6. The molecule has 0 bridgehead atoms. The first-order valence-electron chi connectivity index (χ1n) is 7.35. The Morgan fingerprint density at radius 2 is 1.91 bits per heavy atom. The summed E-state index contributed by atoms with van der Waals surface area (Å²) in [5, 5.41) is 14.9. The molecule has 0 fully saturated rings. The molecule has 2 N–H and O–H groups in total. The third-order valence-electron chi connectivity index (χ3n) is 3.02. The number of carbonyl (C=O) groups is 2. The van der Waals surface area contributed by atoms with Crippen molar-refractivity contribution in [1.82, 2.24) is 10.2 Å². The van der Waals surface area contributed by atoms with E-state index in [4.69, 9.17) is 0 Å². The summed E-state index contributed by atoms with van der Waals surface area (Å²) in [6, 6.07) is 6.78. The second-order valence-electron chi connectivity index (χ2n) is 6.10. The third kappa shape index (κ3) is 4.59. The Hall–Kier alpha value is -2.28. The summed E-state index contributed by atoms with van der Waals surface area (Å²) in [5.74, 6) is -0.379. The van der Waals surface area contributed by atoms with Gasteiger partial charge in [0.2, 0.25) is 11.0 Å². The monoisotopic (exact) mass is 332 g/mol. The molecule has 6 nitrogen and oxygen atoms in total. The molecule has 1 aromatic carbocycles. The molecule has 0 saturated carbocycles. The average molecular weight is 332 g/mol. The van der Waals surface area contributed by atoms with Gasteiger partial charge in [0.05, 0.1) is 0 Å². The number of benzene rings is 1. The van der Waals surface area contributed by atoms with Crippen LogP contribution in [-0.4, -0.2) is 22.0 Å². The van der Waals surface area contributed by atoms with Gasteiger partial charge in [0.25, 0.3) is 5.91 Å². The number of carbonyl (C=O) groups excluding carboxylic acids is 2. The lowest BCUT2D eigenvalue weighted by Gasteiger charge is -2.12. The Kier molecular flexibility index (Phi) is 5.10. The number of hydrogen-bond acceptors (Lipinski definition) is 5. The standard InChI is InChI=1S/C16H20N4O2S/c1-5-12(21)17-11-8-6-7-10(9-11)13(22)18-15-20-19-14(23-15)16(2,3)4/h6-9H,5H2,1-4H3,(H,17,21)(H,18,20,22). The van der Waals surface area contributed by atoms with Crippen LogP contribution in [0.15, 0.2) is 24.3 Å². The molecule has 0 aliphatic heterocycles. The van der Waals surface area contributed by atoms with Gasteiger partial charge in [0, 0.05) is 23.1 Å². The van der Waals surface area contributed by atoms with Gasteiger partial charge < -0.3 is 5.32 Å². The number of anilines is 2. The van der Waals surface area contributed by atoms with Crippen LogP contribution in [0.5, 0.6) is 0 Å². The smallest absolute Gasteiger partial charge is 0.257 e. The molecular formula is C16H20N4O2S. The quantitative estimate of drug-likeness (QED) is 0.898. The molecule has 0 aliphatic carbocycles. The minimum Gasteiger partial charge on any atom is -0.326 e. The SMILES string of the molecule is CCC(=O)Nc1cccc(C(=O)Nc2nnc(C(C)(C)C)s2)c1. The van der Waals surface area contributed by atoms with Gasteiger partial charge in [0.1, 0.15) is 5.01 Å². The Bertz CT molecular complexity index is 719. The summed E-state index contributed by atoms with van der Waals surface area (Å²) in [7, 11) is 0. The molecule has 23 heavy (non-hydrogen) atoms. The summed E-state index contributed by atoms with van der Waals surface area (Å²) >= 11 is 1.36. The van der Waals surface area contributed by atoms with Crippen LogP contribution in [0.25, 0.3) is 0 Å². The van der Waals surface area contributed by atoms with Crippen LogP contribution in [0.3, 0.4) is 0 Å². The number of aromatic nitrogens is 2. The van der Waals surface area contributed by atoms with Gasteiger partial charge in [0.15, 0.2) is 0 Å². The number of hydrogen-bond donors (Lipinski definition) is 2. The molecule has 122 valence electrons. The van der Waals surface area contributed by atoms with Crippen molar-refractivity contribution in [3.05, 3.63) is 34.8 Å². The Balaban J connectivity index is 2.10. The highest BCUT2D eigenvalue weighted by atomic mass is 32.1. The lowest BCUT2D eigenvalue weighted by atomic mass is 9.98. The van der Waals surface area contributed by atoms with Crippen LogP contribution in [0.2, 0.25) is 0 Å². The van der Waals surface area contributed by atoms with E-state index < -0.39 is 0 Å². The Morgan fingerprint density at radius 1 is 1.17 bits per heavy atom.